The van der Waals surface area contributed by atoms with Crippen LogP contribution in [0.5, 0.6) is 11.5 Å². The summed E-state index contributed by atoms with van der Waals surface area (Å²) in [4.78, 5) is 19.2. The lowest BCUT2D eigenvalue weighted by molar-refractivity contribution is -0.119. The van der Waals surface area contributed by atoms with Crippen molar-refractivity contribution in [3.63, 3.8) is 0 Å². The number of methoxy groups -OCH3 is 2. The number of anilines is 1. The molecule has 5 rings (SSSR count). The second kappa shape index (κ2) is 13.7. The number of imidazole rings is 1. The molecule has 8 heteroatoms. The highest BCUT2D eigenvalue weighted by molar-refractivity contribution is 5.81. The predicted octanol–water partition coefficient (Wildman–Crippen LogP) is 6.02. The molecule has 3 aromatic rings. The number of nitrogens with two attached hydrogens (primary N) is 1. The third-order valence-corrected chi connectivity index (χ3v) is 8.16. The fourth-order valence-corrected chi connectivity index (χ4v) is 5.82. The molecule has 2 heterocycles. The lowest BCUT2D eigenvalue weighted by Gasteiger charge is -2.17. The molecule has 1 aromatic heterocycles. The number of hydrogen-bond acceptors (Lipinski definition) is 7. The van der Waals surface area contributed by atoms with Gasteiger partial charge in [0.2, 0.25) is 5.95 Å². The van der Waals surface area contributed by atoms with E-state index in [-0.39, 0.29) is 0 Å². The number of rotatable bonds is 8. The van der Waals surface area contributed by atoms with Gasteiger partial charge in [0, 0.05) is 6.42 Å². The van der Waals surface area contributed by atoms with E-state index in [9.17, 15) is 4.79 Å². The molecule has 0 bridgehead atoms. The third-order valence-electron chi connectivity index (χ3n) is 8.16. The second-order valence-corrected chi connectivity index (χ2v) is 11.2. The molecule has 42 heavy (non-hydrogen) atoms. The number of nitrogens with zero attached hydrogens (tertiary/aromatic N) is 3. The van der Waals surface area contributed by atoms with Gasteiger partial charge in [0.1, 0.15) is 18.1 Å². The van der Waals surface area contributed by atoms with Crippen molar-refractivity contribution >= 4 is 22.8 Å². The second-order valence-electron chi connectivity index (χ2n) is 11.2. The van der Waals surface area contributed by atoms with Crippen molar-refractivity contribution < 1.29 is 19.0 Å². The number of Topliss-reactive ketones (excluding diaryl/α,β-unsaturated/α-hetero) is 1. The standard InChI is InChI=1S/C34H42N4O4/c1-37-18-6-8-26(12-14-28(39)22-37)27-13-16-31-30(20-27)36-34(35)38(31)21-25-11-17-32(33(19-25)41-3)42-23-24-7-4-5-9-29(40-2)15-10-24/h7,9-11,13,15-17,19-20,26H,4-6,8,12,14,18,21-23H2,1-3H3,(H2,35,36). The van der Waals surface area contributed by atoms with Crippen LogP contribution in [0.2, 0.25) is 0 Å². The molecule has 222 valence electrons. The maximum Gasteiger partial charge on any atom is 0.201 e. The van der Waals surface area contributed by atoms with Crippen LogP contribution in [0.15, 0.2) is 72.0 Å². The first-order valence-corrected chi connectivity index (χ1v) is 14.8. The average Bonchev–Trinajstić information content (AvgIpc) is 3.31. The summed E-state index contributed by atoms with van der Waals surface area (Å²) in [5.41, 5.74) is 11.7. The molecule has 1 aliphatic heterocycles. The number of carbonyl (C=O) groups is 1. The van der Waals surface area contributed by atoms with E-state index in [1.807, 2.05) is 42.0 Å². The minimum absolute atomic E-state index is 0.317. The third kappa shape index (κ3) is 7.23. The van der Waals surface area contributed by atoms with Crippen LogP contribution in [0.4, 0.5) is 5.95 Å². The molecule has 0 spiro atoms. The zero-order valence-corrected chi connectivity index (χ0v) is 25.0. The summed E-state index contributed by atoms with van der Waals surface area (Å²) in [5.74, 6) is 3.36. The molecular formula is C34H42N4O4. The van der Waals surface area contributed by atoms with Crippen LogP contribution in [0.3, 0.4) is 0 Å². The van der Waals surface area contributed by atoms with Crippen LogP contribution in [0.25, 0.3) is 11.0 Å². The maximum absolute atomic E-state index is 12.3. The average molecular weight is 571 g/mol. The van der Waals surface area contributed by atoms with E-state index in [4.69, 9.17) is 24.9 Å². The van der Waals surface area contributed by atoms with Crippen molar-refractivity contribution in [2.45, 2.75) is 51.0 Å². The highest BCUT2D eigenvalue weighted by Crippen LogP contribution is 2.33. The topological polar surface area (TPSA) is 91.8 Å². The maximum atomic E-state index is 12.3. The Morgan fingerprint density at radius 3 is 2.69 bits per heavy atom. The fourth-order valence-electron chi connectivity index (χ4n) is 5.82. The molecule has 0 saturated carbocycles. The Labute approximate surface area is 248 Å². The summed E-state index contributed by atoms with van der Waals surface area (Å²) in [6, 6.07) is 12.4. The highest BCUT2D eigenvalue weighted by atomic mass is 16.5. The number of aromatic nitrogens is 2. The Morgan fingerprint density at radius 2 is 1.86 bits per heavy atom. The van der Waals surface area contributed by atoms with Gasteiger partial charge in [0.15, 0.2) is 11.5 Å². The number of benzene rings is 2. The molecule has 1 atom stereocenters. The molecule has 2 N–H and O–H groups in total. The Hall–Kier alpha value is -4.04. The van der Waals surface area contributed by atoms with E-state index in [0.29, 0.717) is 55.3 Å². The number of fused-ring (bicyclic) bond motifs is 1. The van der Waals surface area contributed by atoms with E-state index >= 15 is 0 Å². The van der Waals surface area contributed by atoms with Gasteiger partial charge < -0.3 is 24.5 Å². The number of allylic oxidation sites excluding steroid dienone is 3. The molecule has 1 unspecified atom stereocenters. The van der Waals surface area contributed by atoms with Gasteiger partial charge in [-0.2, -0.15) is 0 Å². The van der Waals surface area contributed by atoms with Gasteiger partial charge in [-0.25, -0.2) is 4.98 Å². The molecular weight excluding hydrogens is 528 g/mol. The summed E-state index contributed by atoms with van der Waals surface area (Å²) in [6.07, 6.45) is 13.8. The molecule has 0 radical (unpaired) electrons. The van der Waals surface area contributed by atoms with Gasteiger partial charge in [-0.05, 0) is 105 Å². The van der Waals surface area contributed by atoms with Gasteiger partial charge in [-0.3, -0.25) is 9.69 Å². The van der Waals surface area contributed by atoms with Crippen LogP contribution in [0.1, 0.15) is 55.6 Å². The van der Waals surface area contributed by atoms with Crippen molar-refractivity contribution in [3.8, 4) is 11.5 Å². The Kier molecular flexibility index (Phi) is 9.64. The van der Waals surface area contributed by atoms with Crippen molar-refractivity contribution in [1.29, 1.82) is 0 Å². The van der Waals surface area contributed by atoms with Crippen LogP contribution in [-0.2, 0) is 16.1 Å². The van der Waals surface area contributed by atoms with E-state index in [1.54, 1.807) is 14.2 Å². The quantitative estimate of drug-likeness (QED) is 0.354. The SMILES string of the molecule is COC1=CCCC=C(COc2ccc(Cn3c(N)nc4cc(C5CCCN(C)CC(=O)CC5)ccc43)cc2OC)C=C1. The van der Waals surface area contributed by atoms with Gasteiger partial charge in [0.05, 0.1) is 38.3 Å². The molecule has 1 aliphatic carbocycles. The first-order chi connectivity index (χ1) is 20.4. The number of nitrogen functional groups attached to an aromatic ring is 1. The van der Waals surface area contributed by atoms with Gasteiger partial charge in [0.25, 0.3) is 0 Å². The molecule has 2 aromatic carbocycles. The fraction of sp³-hybridized carbons (Fsp3) is 0.412. The number of likely N-dealkylation sites (N-methyl/N-ethyl adjacent to an activating group) is 1. The summed E-state index contributed by atoms with van der Waals surface area (Å²) in [6.45, 7) is 2.49. The number of carbonyl (C=O) groups excluding carboxylic acids is 1. The molecule has 8 nitrogen and oxygen atoms in total. The number of ketones is 1. The minimum atomic E-state index is 0.317. The minimum Gasteiger partial charge on any atom is -0.497 e. The zero-order chi connectivity index (χ0) is 29.5. The normalized spacial score (nSPS) is 18.7. The van der Waals surface area contributed by atoms with E-state index in [1.165, 1.54) is 5.56 Å². The van der Waals surface area contributed by atoms with E-state index in [2.05, 4.69) is 35.3 Å². The number of hydrogen-bond donors (Lipinski definition) is 1. The first-order valence-electron chi connectivity index (χ1n) is 14.8. The predicted molar refractivity (Wildman–Crippen MR) is 167 cm³/mol. The van der Waals surface area contributed by atoms with Crippen molar-refractivity contribution in [2.75, 3.05) is 46.7 Å². The molecule has 0 amide bonds. The summed E-state index contributed by atoms with van der Waals surface area (Å²) in [5, 5.41) is 0. The Balaban J connectivity index is 1.29. The largest absolute Gasteiger partial charge is 0.497 e. The van der Waals surface area contributed by atoms with E-state index < -0.39 is 0 Å². The van der Waals surface area contributed by atoms with E-state index in [0.717, 1.165) is 66.6 Å². The Morgan fingerprint density at radius 1 is 1.00 bits per heavy atom. The van der Waals surface area contributed by atoms with Crippen LogP contribution < -0.4 is 15.2 Å². The van der Waals surface area contributed by atoms with Crippen molar-refractivity contribution in [2.24, 2.45) is 0 Å². The van der Waals surface area contributed by atoms with Gasteiger partial charge >= 0.3 is 0 Å². The lowest BCUT2D eigenvalue weighted by atomic mass is 9.89. The van der Waals surface area contributed by atoms with Crippen LogP contribution in [-0.4, -0.2) is 61.2 Å². The monoisotopic (exact) mass is 570 g/mol. The summed E-state index contributed by atoms with van der Waals surface area (Å²) in [7, 11) is 5.37. The molecule has 2 aliphatic rings. The Bertz CT molecular complexity index is 1500. The highest BCUT2D eigenvalue weighted by Gasteiger charge is 2.19. The van der Waals surface area contributed by atoms with Crippen LogP contribution in [0, 0.1) is 0 Å². The molecule has 1 fully saturated rings. The first kappa shape index (κ1) is 29.5. The molecule has 1 saturated heterocycles. The zero-order valence-electron chi connectivity index (χ0n) is 25.0. The number of ether oxygens (including phenoxy) is 3. The summed E-state index contributed by atoms with van der Waals surface area (Å²) < 4.78 is 19.3. The lowest BCUT2D eigenvalue weighted by Crippen LogP contribution is -2.25. The van der Waals surface area contributed by atoms with Gasteiger partial charge in [-0.15, -0.1) is 0 Å². The smallest absolute Gasteiger partial charge is 0.201 e. The van der Waals surface area contributed by atoms with Gasteiger partial charge in [-0.1, -0.05) is 24.3 Å². The summed E-state index contributed by atoms with van der Waals surface area (Å²) >= 11 is 0. The van der Waals surface area contributed by atoms with Crippen molar-refractivity contribution in [3.05, 3.63) is 83.2 Å². The van der Waals surface area contributed by atoms with Crippen LogP contribution >= 0.6 is 0 Å². The van der Waals surface area contributed by atoms with Crippen molar-refractivity contribution in [1.82, 2.24) is 14.5 Å².